The first kappa shape index (κ1) is 15.3. The Morgan fingerprint density at radius 2 is 2.04 bits per heavy atom. The predicted octanol–water partition coefficient (Wildman–Crippen LogP) is 3.19. The molecule has 0 aliphatic rings. The summed E-state index contributed by atoms with van der Waals surface area (Å²) >= 11 is 1.42. The number of carbonyl (C=O) groups excluding carboxylic acids is 1. The molecule has 3 heterocycles. The van der Waals surface area contributed by atoms with Crippen LogP contribution in [0.5, 0.6) is 0 Å². The Bertz CT molecular complexity index is 1000. The number of amides is 1. The standard InChI is InChI=1S/C17H14N6OS/c1-23-9-12(8-19-23)17-21-15(10-25-17)16(24)20-13-4-2-11(3-5-13)14-6-7-18-22-14/h2-10H,1H3,(H,18,22)(H,20,24). The summed E-state index contributed by atoms with van der Waals surface area (Å²) < 4.78 is 1.71. The van der Waals surface area contributed by atoms with E-state index in [1.54, 1.807) is 22.5 Å². The Morgan fingerprint density at radius 3 is 2.72 bits per heavy atom. The van der Waals surface area contributed by atoms with E-state index in [-0.39, 0.29) is 5.91 Å². The molecule has 2 N–H and O–H groups in total. The Morgan fingerprint density at radius 1 is 1.20 bits per heavy atom. The van der Waals surface area contributed by atoms with Crippen molar-refractivity contribution in [2.24, 2.45) is 7.05 Å². The Hall–Kier alpha value is -3.26. The maximum absolute atomic E-state index is 12.4. The van der Waals surface area contributed by atoms with Crippen molar-refractivity contribution in [3.05, 3.63) is 60.0 Å². The number of aryl methyl sites for hydroxylation is 1. The fourth-order valence-corrected chi connectivity index (χ4v) is 3.16. The van der Waals surface area contributed by atoms with Gasteiger partial charge in [-0.15, -0.1) is 11.3 Å². The lowest BCUT2D eigenvalue weighted by atomic mass is 10.1. The highest BCUT2D eigenvalue weighted by Gasteiger charge is 2.13. The molecular weight excluding hydrogens is 336 g/mol. The van der Waals surface area contributed by atoms with Gasteiger partial charge in [-0.25, -0.2) is 4.98 Å². The van der Waals surface area contributed by atoms with Gasteiger partial charge in [0.2, 0.25) is 0 Å². The zero-order valence-electron chi connectivity index (χ0n) is 13.3. The summed E-state index contributed by atoms with van der Waals surface area (Å²) in [7, 11) is 1.84. The van der Waals surface area contributed by atoms with E-state index in [0.717, 1.165) is 21.8 Å². The first-order valence-corrected chi connectivity index (χ1v) is 8.43. The highest BCUT2D eigenvalue weighted by molar-refractivity contribution is 7.13. The van der Waals surface area contributed by atoms with Gasteiger partial charge in [0.25, 0.3) is 5.91 Å². The molecule has 0 aliphatic carbocycles. The van der Waals surface area contributed by atoms with Gasteiger partial charge in [0, 0.05) is 36.1 Å². The number of hydrogen-bond donors (Lipinski definition) is 2. The molecule has 0 saturated carbocycles. The third-order valence-electron chi connectivity index (χ3n) is 3.64. The van der Waals surface area contributed by atoms with E-state index in [9.17, 15) is 4.79 Å². The van der Waals surface area contributed by atoms with Crippen molar-refractivity contribution in [1.29, 1.82) is 0 Å². The largest absolute Gasteiger partial charge is 0.321 e. The number of carbonyl (C=O) groups is 1. The van der Waals surface area contributed by atoms with E-state index in [4.69, 9.17) is 0 Å². The van der Waals surface area contributed by atoms with Crippen LogP contribution in [0, 0.1) is 0 Å². The Kier molecular flexibility index (Phi) is 3.87. The summed E-state index contributed by atoms with van der Waals surface area (Å²) in [5.74, 6) is -0.235. The minimum absolute atomic E-state index is 0.235. The molecule has 0 unspecified atom stereocenters. The molecular formula is C17H14N6OS. The van der Waals surface area contributed by atoms with Crippen LogP contribution in [0.15, 0.2) is 54.3 Å². The minimum atomic E-state index is -0.235. The quantitative estimate of drug-likeness (QED) is 0.592. The zero-order valence-corrected chi connectivity index (χ0v) is 14.1. The highest BCUT2D eigenvalue weighted by Crippen LogP contribution is 2.24. The number of nitrogens with zero attached hydrogens (tertiary/aromatic N) is 4. The molecule has 0 bridgehead atoms. The minimum Gasteiger partial charge on any atom is -0.321 e. The lowest BCUT2D eigenvalue weighted by molar-refractivity contribution is 0.102. The summed E-state index contributed by atoms with van der Waals surface area (Å²) in [5.41, 5.74) is 3.93. The molecule has 0 radical (unpaired) electrons. The second kappa shape index (κ2) is 6.33. The second-order valence-electron chi connectivity index (χ2n) is 5.44. The third-order valence-corrected chi connectivity index (χ3v) is 4.53. The highest BCUT2D eigenvalue weighted by atomic mass is 32.1. The molecule has 124 valence electrons. The summed E-state index contributed by atoms with van der Waals surface area (Å²) in [6, 6.07) is 9.43. The summed E-state index contributed by atoms with van der Waals surface area (Å²) in [5, 5.41) is 16.3. The van der Waals surface area contributed by atoms with E-state index >= 15 is 0 Å². The van der Waals surface area contributed by atoms with E-state index in [0.29, 0.717) is 11.4 Å². The van der Waals surface area contributed by atoms with Gasteiger partial charge in [0.05, 0.1) is 11.9 Å². The van der Waals surface area contributed by atoms with Gasteiger partial charge in [-0.3, -0.25) is 14.6 Å². The molecule has 25 heavy (non-hydrogen) atoms. The number of H-pyrrole nitrogens is 1. The Labute approximate surface area is 147 Å². The van der Waals surface area contributed by atoms with Gasteiger partial charge in [-0.1, -0.05) is 12.1 Å². The number of rotatable bonds is 4. The molecule has 3 aromatic heterocycles. The number of nitrogens with one attached hydrogen (secondary N) is 2. The number of aromatic amines is 1. The maximum Gasteiger partial charge on any atom is 0.275 e. The van der Waals surface area contributed by atoms with E-state index < -0.39 is 0 Å². The van der Waals surface area contributed by atoms with E-state index in [1.165, 1.54) is 11.3 Å². The smallest absolute Gasteiger partial charge is 0.275 e. The first-order valence-electron chi connectivity index (χ1n) is 7.55. The average molecular weight is 350 g/mol. The van der Waals surface area contributed by atoms with Crippen LogP contribution >= 0.6 is 11.3 Å². The number of anilines is 1. The molecule has 0 atom stereocenters. The zero-order chi connectivity index (χ0) is 17.2. The molecule has 1 amide bonds. The third kappa shape index (κ3) is 3.20. The molecule has 4 aromatic rings. The van der Waals surface area contributed by atoms with Crippen molar-refractivity contribution in [2.75, 3.05) is 5.32 Å². The van der Waals surface area contributed by atoms with Crippen molar-refractivity contribution < 1.29 is 4.79 Å². The summed E-state index contributed by atoms with van der Waals surface area (Å²) in [4.78, 5) is 16.8. The first-order chi connectivity index (χ1) is 12.2. The van der Waals surface area contributed by atoms with E-state index in [2.05, 4.69) is 25.6 Å². The van der Waals surface area contributed by atoms with Crippen LogP contribution in [0.4, 0.5) is 5.69 Å². The van der Waals surface area contributed by atoms with Gasteiger partial charge < -0.3 is 5.32 Å². The average Bonchev–Trinajstić information content (AvgIpc) is 3.36. The van der Waals surface area contributed by atoms with Crippen molar-refractivity contribution in [1.82, 2.24) is 25.0 Å². The SMILES string of the molecule is Cn1cc(-c2nc(C(=O)Nc3ccc(-c4ccn[nH]4)cc3)cs2)cn1. The topological polar surface area (TPSA) is 88.5 Å². The van der Waals surface area contributed by atoms with Gasteiger partial charge in [0.1, 0.15) is 10.7 Å². The predicted molar refractivity (Wildman–Crippen MR) is 96.3 cm³/mol. The van der Waals surface area contributed by atoms with Gasteiger partial charge in [0.15, 0.2) is 0 Å². The van der Waals surface area contributed by atoms with Crippen molar-refractivity contribution in [2.45, 2.75) is 0 Å². The Balaban J connectivity index is 1.48. The maximum atomic E-state index is 12.4. The van der Waals surface area contributed by atoms with Gasteiger partial charge in [-0.05, 0) is 23.8 Å². The van der Waals surface area contributed by atoms with Crippen molar-refractivity contribution in [3.63, 3.8) is 0 Å². The second-order valence-corrected chi connectivity index (χ2v) is 6.30. The van der Waals surface area contributed by atoms with Crippen molar-refractivity contribution in [3.8, 4) is 21.8 Å². The molecule has 8 heteroatoms. The number of thiazole rings is 1. The molecule has 1 aromatic carbocycles. The normalized spacial score (nSPS) is 10.8. The van der Waals surface area contributed by atoms with Crippen molar-refractivity contribution >= 4 is 22.9 Å². The molecule has 4 rings (SSSR count). The van der Waals surface area contributed by atoms with Crippen LogP contribution in [-0.4, -0.2) is 30.9 Å². The van der Waals surface area contributed by atoms with Gasteiger partial charge >= 0.3 is 0 Å². The molecule has 7 nitrogen and oxygen atoms in total. The van der Waals surface area contributed by atoms with Crippen LogP contribution in [0.3, 0.4) is 0 Å². The van der Waals surface area contributed by atoms with Crippen LogP contribution in [-0.2, 0) is 7.05 Å². The molecule has 0 saturated heterocycles. The number of aromatic nitrogens is 5. The molecule has 0 spiro atoms. The molecule has 0 aliphatic heterocycles. The van der Waals surface area contributed by atoms with Crippen LogP contribution in [0.25, 0.3) is 21.8 Å². The van der Waals surface area contributed by atoms with Crippen LogP contribution in [0.2, 0.25) is 0 Å². The van der Waals surface area contributed by atoms with Crippen LogP contribution in [0.1, 0.15) is 10.5 Å². The fourth-order valence-electron chi connectivity index (χ4n) is 2.39. The summed E-state index contributed by atoms with van der Waals surface area (Å²) in [6.45, 7) is 0. The lowest BCUT2D eigenvalue weighted by Crippen LogP contribution is -2.12. The van der Waals surface area contributed by atoms with Gasteiger partial charge in [-0.2, -0.15) is 10.2 Å². The lowest BCUT2D eigenvalue weighted by Gasteiger charge is -2.04. The van der Waals surface area contributed by atoms with Crippen LogP contribution < -0.4 is 5.32 Å². The monoisotopic (exact) mass is 350 g/mol. The summed E-state index contributed by atoms with van der Waals surface area (Å²) in [6.07, 6.45) is 5.30. The number of hydrogen-bond acceptors (Lipinski definition) is 5. The fraction of sp³-hybridized carbons (Fsp3) is 0.0588. The van der Waals surface area contributed by atoms with E-state index in [1.807, 2.05) is 43.6 Å². The number of benzene rings is 1. The molecule has 0 fully saturated rings.